The third kappa shape index (κ3) is 7.04. The summed E-state index contributed by atoms with van der Waals surface area (Å²) in [4.78, 5) is 6.86. The van der Waals surface area contributed by atoms with Gasteiger partial charge in [0, 0.05) is 30.8 Å². The summed E-state index contributed by atoms with van der Waals surface area (Å²) in [5, 5.41) is 4.13. The number of allylic oxidation sites excluding steroid dienone is 5. The van der Waals surface area contributed by atoms with Crippen LogP contribution < -0.4 is 0 Å². The summed E-state index contributed by atoms with van der Waals surface area (Å²) in [6.45, 7) is 16.6. The molecule has 2 aromatic rings. The third-order valence-electron chi connectivity index (χ3n) is 5.25. The molecule has 0 saturated heterocycles. The zero-order chi connectivity index (χ0) is 21.2. The highest BCUT2D eigenvalue weighted by molar-refractivity contribution is 5.58. The maximum Gasteiger partial charge on any atom is 0.253 e. The first-order valence-corrected chi connectivity index (χ1v) is 10.6. The Hall–Kier alpha value is -2.62. The largest absolute Gasteiger partial charge is 0.371 e. The first-order valence-electron chi connectivity index (χ1n) is 10.6. The monoisotopic (exact) mass is 393 g/mol. The number of aryl methyl sites for hydroxylation is 2. The molecule has 0 aliphatic heterocycles. The average molecular weight is 394 g/mol. The van der Waals surface area contributed by atoms with Crippen LogP contribution in [0.4, 0.5) is 0 Å². The van der Waals surface area contributed by atoms with Gasteiger partial charge in [-0.3, -0.25) is 0 Å². The Morgan fingerprint density at radius 1 is 1.00 bits per heavy atom. The molecule has 0 bridgehead atoms. The second-order valence-electron chi connectivity index (χ2n) is 7.48. The van der Waals surface area contributed by atoms with Gasteiger partial charge in [-0.2, -0.15) is 4.98 Å². The quantitative estimate of drug-likeness (QED) is 0.417. The molecule has 156 valence electrons. The second kappa shape index (κ2) is 11.4. The van der Waals surface area contributed by atoms with Gasteiger partial charge in [0.15, 0.2) is 5.82 Å². The molecule has 1 heterocycles. The van der Waals surface area contributed by atoms with Crippen molar-refractivity contribution < 1.29 is 4.52 Å². The molecule has 0 N–H and O–H groups in total. The lowest BCUT2D eigenvalue weighted by Crippen LogP contribution is -2.21. The van der Waals surface area contributed by atoms with Crippen molar-refractivity contribution >= 4 is 5.57 Å². The number of hydrogen-bond donors (Lipinski definition) is 0. The fourth-order valence-corrected chi connectivity index (χ4v) is 2.93. The maximum atomic E-state index is 5.42. The van der Waals surface area contributed by atoms with Crippen LogP contribution in [0.3, 0.4) is 0 Å². The van der Waals surface area contributed by atoms with E-state index in [0.717, 1.165) is 50.2 Å². The van der Waals surface area contributed by atoms with E-state index in [2.05, 4.69) is 79.7 Å². The first kappa shape index (κ1) is 22.7. The second-order valence-corrected chi connectivity index (χ2v) is 7.48. The third-order valence-corrected chi connectivity index (χ3v) is 5.25. The van der Waals surface area contributed by atoms with E-state index in [4.69, 9.17) is 4.52 Å². The van der Waals surface area contributed by atoms with E-state index in [1.807, 2.05) is 13.0 Å². The lowest BCUT2D eigenvalue weighted by atomic mass is 10.1. The molecule has 0 radical (unpaired) electrons. The molecule has 0 aliphatic rings. The molecule has 4 heteroatoms. The molecule has 0 amide bonds. The summed E-state index contributed by atoms with van der Waals surface area (Å²) in [5.41, 5.74) is 6.10. The summed E-state index contributed by atoms with van der Waals surface area (Å²) in [5.74, 6) is 1.36. The Kier molecular flexibility index (Phi) is 8.91. The normalized spacial score (nSPS) is 12.3. The highest BCUT2D eigenvalue weighted by Gasteiger charge is 2.09. The van der Waals surface area contributed by atoms with Gasteiger partial charge in [-0.25, -0.2) is 0 Å². The van der Waals surface area contributed by atoms with E-state index in [9.17, 15) is 0 Å². The van der Waals surface area contributed by atoms with Crippen molar-refractivity contribution in [3.8, 4) is 0 Å². The molecule has 29 heavy (non-hydrogen) atoms. The van der Waals surface area contributed by atoms with Crippen molar-refractivity contribution in [1.29, 1.82) is 0 Å². The lowest BCUT2D eigenvalue weighted by molar-refractivity contribution is 0.347. The zero-order valence-electron chi connectivity index (χ0n) is 18.7. The Labute approximate surface area is 176 Å². The average Bonchev–Trinajstić information content (AvgIpc) is 3.23. The molecule has 4 nitrogen and oxygen atoms in total. The van der Waals surface area contributed by atoms with Crippen molar-refractivity contribution in [2.45, 2.75) is 66.8 Å². The summed E-state index contributed by atoms with van der Waals surface area (Å²) >= 11 is 0. The number of nitrogens with zero attached hydrogens (tertiary/aromatic N) is 3. The summed E-state index contributed by atoms with van der Waals surface area (Å²) < 4.78 is 5.42. The Bertz CT molecular complexity index is 843. The van der Waals surface area contributed by atoms with E-state index >= 15 is 0 Å². The van der Waals surface area contributed by atoms with Gasteiger partial charge < -0.3 is 9.42 Å². The molecule has 2 rings (SSSR count). The van der Waals surface area contributed by atoms with E-state index in [1.165, 1.54) is 22.4 Å². The van der Waals surface area contributed by atoms with Gasteiger partial charge in [0.05, 0.1) is 0 Å². The van der Waals surface area contributed by atoms with E-state index in [-0.39, 0.29) is 0 Å². The Morgan fingerprint density at radius 2 is 1.69 bits per heavy atom. The summed E-state index contributed by atoms with van der Waals surface area (Å²) in [6, 6.07) is 8.81. The van der Waals surface area contributed by atoms with Gasteiger partial charge in [0.25, 0.3) is 5.89 Å². The Morgan fingerprint density at radius 3 is 2.31 bits per heavy atom. The van der Waals surface area contributed by atoms with Crippen LogP contribution >= 0.6 is 0 Å². The SMILES string of the molecule is C=C(CC)N(CC)Cc1ccc(CCc2noc(/C(C)=C/C=C(/C)CC)n2)cc1. The van der Waals surface area contributed by atoms with E-state index in [1.54, 1.807) is 0 Å². The molecule has 1 aromatic carbocycles. The number of hydrogen-bond acceptors (Lipinski definition) is 4. The van der Waals surface area contributed by atoms with Crippen molar-refractivity contribution in [2.24, 2.45) is 0 Å². The molecule has 0 aliphatic carbocycles. The highest BCUT2D eigenvalue weighted by Crippen LogP contribution is 2.16. The molecule has 0 spiro atoms. The minimum absolute atomic E-state index is 0.603. The van der Waals surface area contributed by atoms with Crippen LogP contribution in [0.25, 0.3) is 5.57 Å². The Balaban J connectivity index is 1.92. The van der Waals surface area contributed by atoms with Crippen LogP contribution in [-0.2, 0) is 19.4 Å². The lowest BCUT2D eigenvalue weighted by Gasteiger charge is -2.24. The van der Waals surface area contributed by atoms with E-state index in [0.29, 0.717) is 5.89 Å². The van der Waals surface area contributed by atoms with Crippen LogP contribution in [-0.4, -0.2) is 21.6 Å². The number of benzene rings is 1. The predicted molar refractivity (Wildman–Crippen MR) is 121 cm³/mol. The van der Waals surface area contributed by atoms with Gasteiger partial charge in [-0.05, 0) is 51.2 Å². The zero-order valence-corrected chi connectivity index (χ0v) is 18.7. The van der Waals surface area contributed by atoms with Crippen LogP contribution in [0.5, 0.6) is 0 Å². The molecule has 0 saturated carbocycles. The van der Waals surface area contributed by atoms with Gasteiger partial charge in [0.1, 0.15) is 0 Å². The minimum Gasteiger partial charge on any atom is -0.371 e. The molecule has 0 fully saturated rings. The molecule has 0 atom stereocenters. The maximum absolute atomic E-state index is 5.42. The van der Waals surface area contributed by atoms with Crippen LogP contribution in [0, 0.1) is 0 Å². The van der Waals surface area contributed by atoms with Crippen molar-refractivity contribution in [2.75, 3.05) is 6.54 Å². The van der Waals surface area contributed by atoms with Gasteiger partial charge >= 0.3 is 0 Å². The fraction of sp³-hybridized carbons (Fsp3) is 0.440. The summed E-state index contributed by atoms with van der Waals surface area (Å²) in [7, 11) is 0. The van der Waals surface area contributed by atoms with Crippen molar-refractivity contribution in [3.63, 3.8) is 0 Å². The highest BCUT2D eigenvalue weighted by atomic mass is 16.5. The molecular formula is C25H35N3O. The van der Waals surface area contributed by atoms with Crippen LogP contribution in [0.1, 0.15) is 70.3 Å². The van der Waals surface area contributed by atoms with Crippen molar-refractivity contribution in [1.82, 2.24) is 15.0 Å². The first-order chi connectivity index (χ1) is 14.0. The standard InChI is InChI=1S/C25H35N3O/c1-7-19(4)10-11-20(5)25-26-24(27-29-25)17-16-22-12-14-23(15-13-22)18-28(9-3)21(6)8-2/h10-15H,6-9,16-18H2,1-5H3/b19-10-,20-11+. The van der Waals surface area contributed by atoms with Gasteiger partial charge in [-0.15, -0.1) is 0 Å². The fourth-order valence-electron chi connectivity index (χ4n) is 2.93. The molecule has 1 aromatic heterocycles. The predicted octanol–water partition coefficient (Wildman–Crippen LogP) is 6.36. The van der Waals surface area contributed by atoms with E-state index < -0.39 is 0 Å². The smallest absolute Gasteiger partial charge is 0.253 e. The van der Waals surface area contributed by atoms with Gasteiger partial charge in [0.2, 0.25) is 0 Å². The minimum atomic E-state index is 0.603. The number of aromatic nitrogens is 2. The van der Waals surface area contributed by atoms with Crippen LogP contribution in [0.15, 0.2) is 58.8 Å². The topological polar surface area (TPSA) is 42.2 Å². The number of rotatable bonds is 11. The van der Waals surface area contributed by atoms with Gasteiger partial charge in [-0.1, -0.05) is 67.6 Å². The molecular weight excluding hydrogens is 358 g/mol. The molecule has 0 unspecified atom stereocenters. The summed E-state index contributed by atoms with van der Waals surface area (Å²) in [6.07, 6.45) is 7.85. The van der Waals surface area contributed by atoms with Crippen molar-refractivity contribution in [3.05, 3.63) is 77.1 Å². The van der Waals surface area contributed by atoms with Crippen LogP contribution in [0.2, 0.25) is 0 Å².